The van der Waals surface area contributed by atoms with Crippen LogP contribution in [0.4, 0.5) is 0 Å². The average Bonchev–Trinajstić information content (AvgIpc) is 3.17. The van der Waals surface area contributed by atoms with Gasteiger partial charge in [0.1, 0.15) is 0 Å². The first kappa shape index (κ1) is 19.3. The lowest BCUT2D eigenvalue weighted by atomic mass is 9.78. The van der Waals surface area contributed by atoms with Gasteiger partial charge in [0.15, 0.2) is 0 Å². The Balaban J connectivity index is 0.00000104. The Labute approximate surface area is 156 Å². The largest absolute Gasteiger partial charge is 0.317 e. The Hall–Kier alpha value is -1.07. The quantitative estimate of drug-likeness (QED) is 0.901. The highest BCUT2D eigenvalue weighted by molar-refractivity contribution is 5.85. The van der Waals surface area contributed by atoms with Gasteiger partial charge in [-0.3, -0.25) is 4.90 Å². The van der Waals surface area contributed by atoms with E-state index in [2.05, 4.69) is 50.3 Å². The molecule has 1 aromatic carbocycles. The summed E-state index contributed by atoms with van der Waals surface area (Å²) in [6.45, 7) is 5.85. The van der Waals surface area contributed by atoms with Crippen LogP contribution in [0.25, 0.3) is 5.69 Å². The zero-order valence-corrected chi connectivity index (χ0v) is 15.5. The molecular formula is C18H26Cl2N4. The monoisotopic (exact) mass is 368 g/mol. The van der Waals surface area contributed by atoms with E-state index in [1.54, 1.807) is 0 Å². The van der Waals surface area contributed by atoms with Crippen molar-refractivity contribution in [1.29, 1.82) is 0 Å². The van der Waals surface area contributed by atoms with Gasteiger partial charge in [-0.15, -0.1) is 24.8 Å². The predicted molar refractivity (Wildman–Crippen MR) is 102 cm³/mol. The summed E-state index contributed by atoms with van der Waals surface area (Å²) < 4.78 is 2.08. The third-order valence-electron chi connectivity index (χ3n) is 5.29. The van der Waals surface area contributed by atoms with Crippen LogP contribution in [0.1, 0.15) is 25.0 Å². The minimum atomic E-state index is 0. The third-order valence-corrected chi connectivity index (χ3v) is 5.29. The van der Waals surface area contributed by atoms with Gasteiger partial charge < -0.3 is 5.32 Å². The van der Waals surface area contributed by atoms with Gasteiger partial charge in [0, 0.05) is 19.3 Å². The third kappa shape index (κ3) is 3.94. The number of para-hydroxylation sites is 1. The molecule has 0 atom stereocenters. The van der Waals surface area contributed by atoms with Crippen molar-refractivity contribution in [3.8, 4) is 5.69 Å². The highest BCUT2D eigenvalue weighted by atomic mass is 35.5. The second kappa shape index (κ2) is 8.34. The van der Waals surface area contributed by atoms with Crippen LogP contribution in [0.5, 0.6) is 0 Å². The molecule has 132 valence electrons. The van der Waals surface area contributed by atoms with Crippen LogP contribution in [-0.2, 0) is 6.54 Å². The van der Waals surface area contributed by atoms with Crippen molar-refractivity contribution >= 4 is 24.8 Å². The lowest BCUT2D eigenvalue weighted by Gasteiger charge is -2.33. The number of halogens is 2. The van der Waals surface area contributed by atoms with E-state index >= 15 is 0 Å². The number of rotatable bonds is 3. The van der Waals surface area contributed by atoms with Gasteiger partial charge in [0.2, 0.25) is 0 Å². The van der Waals surface area contributed by atoms with Gasteiger partial charge in [0.25, 0.3) is 0 Å². The van der Waals surface area contributed by atoms with Gasteiger partial charge in [-0.2, -0.15) is 5.10 Å². The maximum absolute atomic E-state index is 4.51. The standard InChI is InChI=1S/C18H24N4.2ClH/c1-2-4-16(5-3-1)22-17(6-10-20-22)14-21-13-9-18(15-21)7-11-19-12-8-18;;/h1-6,10,19H,7-9,11-15H2;2*1H. The molecule has 24 heavy (non-hydrogen) atoms. The number of nitrogens with one attached hydrogen (secondary N) is 1. The lowest BCUT2D eigenvalue weighted by molar-refractivity contribution is 0.193. The van der Waals surface area contributed by atoms with Crippen LogP contribution in [-0.4, -0.2) is 40.9 Å². The van der Waals surface area contributed by atoms with Crippen molar-refractivity contribution in [2.75, 3.05) is 26.2 Å². The number of benzene rings is 1. The van der Waals surface area contributed by atoms with Crippen molar-refractivity contribution in [3.63, 3.8) is 0 Å². The van der Waals surface area contributed by atoms with Gasteiger partial charge in [-0.05, 0) is 62.5 Å². The number of likely N-dealkylation sites (tertiary alicyclic amines) is 1. The lowest BCUT2D eigenvalue weighted by Crippen LogP contribution is -2.38. The van der Waals surface area contributed by atoms with E-state index in [4.69, 9.17) is 0 Å². The summed E-state index contributed by atoms with van der Waals surface area (Å²) >= 11 is 0. The number of nitrogens with zero attached hydrogens (tertiary/aromatic N) is 3. The Morgan fingerprint density at radius 1 is 1.00 bits per heavy atom. The van der Waals surface area contributed by atoms with Gasteiger partial charge >= 0.3 is 0 Å². The maximum atomic E-state index is 4.51. The van der Waals surface area contributed by atoms with Crippen molar-refractivity contribution < 1.29 is 0 Å². The Morgan fingerprint density at radius 2 is 1.75 bits per heavy atom. The van der Waals surface area contributed by atoms with E-state index in [1.807, 2.05) is 12.3 Å². The number of piperidine rings is 1. The minimum Gasteiger partial charge on any atom is -0.317 e. The first-order valence-electron chi connectivity index (χ1n) is 8.36. The number of aromatic nitrogens is 2. The summed E-state index contributed by atoms with van der Waals surface area (Å²) in [5.41, 5.74) is 3.01. The Bertz CT molecular complexity index is 623. The van der Waals surface area contributed by atoms with Crippen LogP contribution in [0, 0.1) is 5.41 Å². The molecule has 0 bridgehead atoms. The summed E-state index contributed by atoms with van der Waals surface area (Å²) in [6, 6.07) is 12.6. The molecule has 2 fully saturated rings. The van der Waals surface area contributed by atoms with E-state index in [9.17, 15) is 0 Å². The molecule has 1 aromatic heterocycles. The van der Waals surface area contributed by atoms with Crippen molar-refractivity contribution in [3.05, 3.63) is 48.3 Å². The molecule has 0 radical (unpaired) electrons. The van der Waals surface area contributed by atoms with Gasteiger partial charge in [-0.25, -0.2) is 4.68 Å². The van der Waals surface area contributed by atoms with Crippen LogP contribution in [0.3, 0.4) is 0 Å². The second-order valence-corrected chi connectivity index (χ2v) is 6.78. The molecule has 4 rings (SSSR count). The molecule has 0 saturated carbocycles. The smallest absolute Gasteiger partial charge is 0.0649 e. The molecule has 2 aliphatic heterocycles. The fourth-order valence-corrected chi connectivity index (χ4v) is 4.01. The molecular weight excluding hydrogens is 343 g/mol. The van der Waals surface area contributed by atoms with Crippen molar-refractivity contribution in [2.24, 2.45) is 5.41 Å². The molecule has 1 spiro atoms. The zero-order chi connectivity index (χ0) is 14.8. The molecule has 0 aliphatic carbocycles. The van der Waals surface area contributed by atoms with Crippen LogP contribution >= 0.6 is 24.8 Å². The molecule has 3 heterocycles. The summed E-state index contributed by atoms with van der Waals surface area (Å²) in [5, 5.41) is 8.01. The summed E-state index contributed by atoms with van der Waals surface area (Å²) in [7, 11) is 0. The van der Waals surface area contributed by atoms with Crippen LogP contribution in [0.2, 0.25) is 0 Å². The summed E-state index contributed by atoms with van der Waals surface area (Å²) in [4.78, 5) is 2.61. The van der Waals surface area contributed by atoms with Crippen molar-refractivity contribution in [2.45, 2.75) is 25.8 Å². The number of hydrogen-bond acceptors (Lipinski definition) is 3. The summed E-state index contributed by atoms with van der Waals surface area (Å²) in [5.74, 6) is 0. The Morgan fingerprint density at radius 3 is 2.50 bits per heavy atom. The first-order chi connectivity index (χ1) is 10.8. The van der Waals surface area contributed by atoms with Gasteiger partial charge in [-0.1, -0.05) is 18.2 Å². The van der Waals surface area contributed by atoms with E-state index in [1.165, 1.54) is 51.1 Å². The fraction of sp³-hybridized carbons (Fsp3) is 0.500. The van der Waals surface area contributed by atoms with E-state index in [0.717, 1.165) is 12.2 Å². The molecule has 1 N–H and O–H groups in total. The molecule has 6 heteroatoms. The first-order valence-corrected chi connectivity index (χ1v) is 8.36. The second-order valence-electron chi connectivity index (χ2n) is 6.78. The molecule has 0 amide bonds. The molecule has 0 unspecified atom stereocenters. The minimum absolute atomic E-state index is 0. The SMILES string of the molecule is Cl.Cl.c1ccc(-n2nccc2CN2CCC3(CCNCC3)C2)cc1. The topological polar surface area (TPSA) is 33.1 Å². The average molecular weight is 369 g/mol. The van der Waals surface area contributed by atoms with E-state index in [-0.39, 0.29) is 24.8 Å². The van der Waals surface area contributed by atoms with E-state index in [0.29, 0.717) is 5.41 Å². The maximum Gasteiger partial charge on any atom is 0.0649 e. The molecule has 4 nitrogen and oxygen atoms in total. The van der Waals surface area contributed by atoms with Gasteiger partial charge in [0.05, 0.1) is 11.4 Å². The summed E-state index contributed by atoms with van der Waals surface area (Å²) in [6.07, 6.45) is 5.94. The highest BCUT2D eigenvalue weighted by Crippen LogP contribution is 2.39. The predicted octanol–water partition coefficient (Wildman–Crippen LogP) is 3.29. The van der Waals surface area contributed by atoms with Crippen LogP contribution < -0.4 is 5.32 Å². The molecule has 2 saturated heterocycles. The molecule has 2 aliphatic rings. The van der Waals surface area contributed by atoms with E-state index < -0.39 is 0 Å². The van der Waals surface area contributed by atoms with Crippen LogP contribution in [0.15, 0.2) is 42.6 Å². The van der Waals surface area contributed by atoms with Crippen molar-refractivity contribution in [1.82, 2.24) is 20.0 Å². The number of hydrogen-bond donors (Lipinski definition) is 1. The normalized spacial score (nSPS) is 19.7. The Kier molecular flexibility index (Phi) is 6.70. The highest BCUT2D eigenvalue weighted by Gasteiger charge is 2.38. The zero-order valence-electron chi connectivity index (χ0n) is 13.9. The fourth-order valence-electron chi connectivity index (χ4n) is 4.01. The molecule has 2 aromatic rings.